The van der Waals surface area contributed by atoms with Gasteiger partial charge in [-0.2, -0.15) is 0 Å². The summed E-state index contributed by atoms with van der Waals surface area (Å²) in [6.45, 7) is 0. The first-order valence-electron chi connectivity index (χ1n) is 5.85. The van der Waals surface area contributed by atoms with E-state index >= 15 is 0 Å². The van der Waals surface area contributed by atoms with E-state index in [4.69, 9.17) is 0 Å². The van der Waals surface area contributed by atoms with Gasteiger partial charge >= 0.3 is 0 Å². The number of carbonyl (C=O) groups is 1. The summed E-state index contributed by atoms with van der Waals surface area (Å²) in [5.74, 6) is 0.624. The van der Waals surface area contributed by atoms with Crippen molar-refractivity contribution in [3.63, 3.8) is 0 Å². The van der Waals surface area contributed by atoms with E-state index in [1.807, 2.05) is 6.07 Å². The summed E-state index contributed by atoms with van der Waals surface area (Å²) in [6.07, 6.45) is 4.98. The number of benzene rings is 1. The van der Waals surface area contributed by atoms with E-state index in [9.17, 15) is 4.79 Å². The van der Waals surface area contributed by atoms with Gasteiger partial charge in [-0.25, -0.2) is 0 Å². The highest BCUT2D eigenvalue weighted by Crippen LogP contribution is 2.37. The van der Waals surface area contributed by atoms with Crippen molar-refractivity contribution in [2.75, 3.05) is 0 Å². The molecule has 1 aromatic carbocycles. The minimum atomic E-state index is 0.215. The summed E-state index contributed by atoms with van der Waals surface area (Å²) in [5.41, 5.74) is 3.50. The van der Waals surface area contributed by atoms with Crippen molar-refractivity contribution in [1.29, 1.82) is 0 Å². The molecular weight excluding hydrogens is 210 g/mol. The lowest BCUT2D eigenvalue weighted by atomic mass is 9.74. The Morgan fingerprint density at radius 1 is 1.18 bits per heavy atom. The summed E-state index contributed by atoms with van der Waals surface area (Å²) in [4.78, 5) is 16.0. The second-order valence-electron chi connectivity index (χ2n) is 4.46. The molecule has 0 saturated carbocycles. The lowest BCUT2D eigenvalue weighted by molar-refractivity contribution is 0.0970. The monoisotopic (exact) mass is 223 g/mol. The molecule has 1 atom stereocenters. The van der Waals surface area contributed by atoms with Crippen molar-refractivity contribution in [2.24, 2.45) is 0 Å². The van der Waals surface area contributed by atoms with Gasteiger partial charge in [0.15, 0.2) is 5.78 Å². The van der Waals surface area contributed by atoms with E-state index in [1.165, 1.54) is 11.1 Å². The maximum absolute atomic E-state index is 12.0. The summed E-state index contributed by atoms with van der Waals surface area (Å²) < 4.78 is 0. The molecule has 0 spiro atoms. The molecule has 0 saturated heterocycles. The average Bonchev–Trinajstić information content (AvgIpc) is 2.37. The molecule has 17 heavy (non-hydrogen) atoms. The molecule has 0 bridgehead atoms. The molecule has 84 valence electrons. The normalized spacial score (nSPS) is 17.1. The first kappa shape index (κ1) is 10.2. The third-order valence-corrected chi connectivity index (χ3v) is 3.40. The minimum Gasteiger partial charge on any atom is -0.294 e. The SMILES string of the molecule is O=C(CC1Cc2ccccc21)c1ccncc1. The molecule has 1 aromatic heterocycles. The van der Waals surface area contributed by atoms with Crippen LogP contribution in [0.3, 0.4) is 0 Å². The van der Waals surface area contributed by atoms with Crippen LogP contribution < -0.4 is 0 Å². The number of hydrogen-bond acceptors (Lipinski definition) is 2. The molecule has 0 N–H and O–H groups in total. The molecule has 3 rings (SSSR count). The van der Waals surface area contributed by atoms with E-state index in [2.05, 4.69) is 23.2 Å². The topological polar surface area (TPSA) is 30.0 Å². The smallest absolute Gasteiger partial charge is 0.163 e. The maximum Gasteiger partial charge on any atom is 0.163 e. The molecule has 2 aromatic rings. The fourth-order valence-corrected chi connectivity index (χ4v) is 2.42. The highest BCUT2D eigenvalue weighted by atomic mass is 16.1. The van der Waals surface area contributed by atoms with Crippen LogP contribution in [-0.2, 0) is 6.42 Å². The van der Waals surface area contributed by atoms with Crippen LogP contribution in [0.1, 0.15) is 33.8 Å². The van der Waals surface area contributed by atoms with Crippen molar-refractivity contribution in [1.82, 2.24) is 4.98 Å². The number of hydrogen-bond donors (Lipinski definition) is 0. The molecule has 1 unspecified atom stereocenters. The Hall–Kier alpha value is -1.96. The van der Waals surface area contributed by atoms with E-state index in [1.54, 1.807) is 24.5 Å². The molecule has 1 aliphatic carbocycles. The van der Waals surface area contributed by atoms with E-state index in [-0.39, 0.29) is 5.78 Å². The molecule has 0 amide bonds. The second-order valence-corrected chi connectivity index (χ2v) is 4.46. The van der Waals surface area contributed by atoms with E-state index < -0.39 is 0 Å². The van der Waals surface area contributed by atoms with E-state index in [0.29, 0.717) is 12.3 Å². The Bertz CT molecular complexity index is 548. The zero-order chi connectivity index (χ0) is 11.7. The maximum atomic E-state index is 12.0. The number of carbonyl (C=O) groups excluding carboxylic acids is 1. The van der Waals surface area contributed by atoms with Gasteiger partial charge in [0.2, 0.25) is 0 Å². The number of Topliss-reactive ketones (excluding diaryl/α,β-unsaturated/α-hetero) is 1. The minimum absolute atomic E-state index is 0.215. The standard InChI is InChI=1S/C15H13NO/c17-15(11-5-7-16-8-6-11)10-13-9-12-3-1-2-4-14(12)13/h1-8,13H,9-10H2. The number of pyridine rings is 1. The average molecular weight is 223 g/mol. The van der Waals surface area contributed by atoms with Gasteiger partial charge in [0.25, 0.3) is 0 Å². The van der Waals surface area contributed by atoms with Crippen molar-refractivity contribution in [3.8, 4) is 0 Å². The summed E-state index contributed by atoms with van der Waals surface area (Å²) in [7, 11) is 0. The number of ketones is 1. The third-order valence-electron chi connectivity index (χ3n) is 3.40. The van der Waals surface area contributed by atoms with Gasteiger partial charge in [-0.3, -0.25) is 9.78 Å². The second kappa shape index (κ2) is 4.13. The van der Waals surface area contributed by atoms with Crippen LogP contribution >= 0.6 is 0 Å². The van der Waals surface area contributed by atoms with Crippen LogP contribution in [0, 0.1) is 0 Å². The predicted molar refractivity (Wildman–Crippen MR) is 66.1 cm³/mol. The van der Waals surface area contributed by atoms with Crippen molar-refractivity contribution < 1.29 is 4.79 Å². The van der Waals surface area contributed by atoms with Crippen LogP contribution in [0.15, 0.2) is 48.8 Å². The number of aromatic nitrogens is 1. The Morgan fingerprint density at radius 2 is 1.94 bits per heavy atom. The van der Waals surface area contributed by atoms with Crippen molar-refractivity contribution in [3.05, 3.63) is 65.5 Å². The molecule has 2 heteroatoms. The number of fused-ring (bicyclic) bond motifs is 1. The largest absolute Gasteiger partial charge is 0.294 e. The molecule has 0 radical (unpaired) electrons. The van der Waals surface area contributed by atoms with Gasteiger partial charge in [0.1, 0.15) is 0 Å². The fourth-order valence-electron chi connectivity index (χ4n) is 2.42. The first-order chi connectivity index (χ1) is 8.34. The Balaban J connectivity index is 1.73. The fraction of sp³-hybridized carbons (Fsp3) is 0.200. The molecular formula is C15H13NO. The van der Waals surface area contributed by atoms with Gasteiger partial charge in [0.05, 0.1) is 0 Å². The predicted octanol–water partition coefficient (Wildman–Crippen LogP) is 2.99. The Kier molecular flexibility index (Phi) is 2.48. The molecule has 1 aliphatic rings. The zero-order valence-corrected chi connectivity index (χ0v) is 9.47. The van der Waals surface area contributed by atoms with Crippen LogP contribution in [0.25, 0.3) is 0 Å². The van der Waals surface area contributed by atoms with Crippen LogP contribution in [0.2, 0.25) is 0 Å². The van der Waals surface area contributed by atoms with E-state index in [0.717, 1.165) is 12.0 Å². The lowest BCUT2D eigenvalue weighted by Gasteiger charge is -2.29. The van der Waals surface area contributed by atoms with Gasteiger partial charge in [-0.1, -0.05) is 24.3 Å². The highest BCUT2D eigenvalue weighted by Gasteiger charge is 2.27. The van der Waals surface area contributed by atoms with Crippen molar-refractivity contribution in [2.45, 2.75) is 18.8 Å². The highest BCUT2D eigenvalue weighted by molar-refractivity contribution is 5.96. The van der Waals surface area contributed by atoms with Crippen molar-refractivity contribution >= 4 is 5.78 Å². The molecule has 1 heterocycles. The molecule has 0 fully saturated rings. The lowest BCUT2D eigenvalue weighted by Crippen LogP contribution is -2.20. The van der Waals surface area contributed by atoms with Crippen LogP contribution in [0.5, 0.6) is 0 Å². The summed E-state index contributed by atoms with van der Waals surface area (Å²) in [6, 6.07) is 11.9. The quantitative estimate of drug-likeness (QED) is 0.749. The Morgan fingerprint density at radius 3 is 2.71 bits per heavy atom. The number of nitrogens with zero attached hydrogens (tertiary/aromatic N) is 1. The van der Waals surface area contributed by atoms with Gasteiger partial charge in [-0.05, 0) is 35.6 Å². The summed E-state index contributed by atoms with van der Waals surface area (Å²) in [5, 5.41) is 0. The Labute approximate surface area is 100 Å². The van der Waals surface area contributed by atoms with Gasteiger partial charge in [-0.15, -0.1) is 0 Å². The zero-order valence-electron chi connectivity index (χ0n) is 9.47. The van der Waals surface area contributed by atoms with Gasteiger partial charge in [0, 0.05) is 24.4 Å². The van der Waals surface area contributed by atoms with Gasteiger partial charge < -0.3 is 0 Å². The number of rotatable bonds is 3. The van der Waals surface area contributed by atoms with Crippen LogP contribution in [0.4, 0.5) is 0 Å². The van der Waals surface area contributed by atoms with Crippen LogP contribution in [-0.4, -0.2) is 10.8 Å². The molecule has 0 aliphatic heterocycles. The third kappa shape index (κ3) is 1.86. The first-order valence-corrected chi connectivity index (χ1v) is 5.85. The molecule has 2 nitrogen and oxygen atoms in total. The summed E-state index contributed by atoms with van der Waals surface area (Å²) >= 11 is 0.